The minimum atomic E-state index is -0.530. The molecule has 0 bridgehead atoms. The summed E-state index contributed by atoms with van der Waals surface area (Å²) in [6.45, 7) is 1.71. The van der Waals surface area contributed by atoms with Crippen LogP contribution in [0.1, 0.15) is 25.7 Å². The Balaban J connectivity index is 2.22. The van der Waals surface area contributed by atoms with E-state index in [1.165, 1.54) is 29.5 Å². The minimum absolute atomic E-state index is 0.0707. The summed E-state index contributed by atoms with van der Waals surface area (Å²) in [6.07, 6.45) is 0.491. The molecule has 0 saturated carbocycles. The molecule has 1 heterocycles. The second-order valence-electron chi connectivity index (χ2n) is 3.49. The van der Waals surface area contributed by atoms with Gasteiger partial charge in [0.2, 0.25) is 0 Å². The van der Waals surface area contributed by atoms with Gasteiger partial charge in [0.05, 0.1) is 16.8 Å². The Morgan fingerprint density at radius 1 is 1.50 bits per heavy atom. The number of benzene rings is 1. The Morgan fingerprint density at radius 2 is 2.28 bits per heavy atom. The standard InChI is InChI=1S/C12H9NO4S/c1-7-11(18-6-13-7)12(16)17-9-2-3-10(15)8(4-9)5-14/h2-6,15H,1H3. The van der Waals surface area contributed by atoms with Gasteiger partial charge in [0, 0.05) is 0 Å². The van der Waals surface area contributed by atoms with Crippen molar-refractivity contribution in [2.45, 2.75) is 6.92 Å². The molecule has 0 atom stereocenters. The van der Waals surface area contributed by atoms with Crippen LogP contribution in [-0.2, 0) is 0 Å². The zero-order valence-electron chi connectivity index (χ0n) is 9.41. The lowest BCUT2D eigenvalue weighted by molar-refractivity contribution is 0.0738. The van der Waals surface area contributed by atoms with Gasteiger partial charge in [-0.1, -0.05) is 0 Å². The lowest BCUT2D eigenvalue weighted by Crippen LogP contribution is -2.08. The largest absolute Gasteiger partial charge is 0.507 e. The average molecular weight is 263 g/mol. The van der Waals surface area contributed by atoms with E-state index >= 15 is 0 Å². The third kappa shape index (κ3) is 2.38. The lowest BCUT2D eigenvalue weighted by Gasteiger charge is -2.04. The van der Waals surface area contributed by atoms with Crippen LogP contribution in [0, 0.1) is 6.92 Å². The number of nitrogens with zero attached hydrogens (tertiary/aromatic N) is 1. The van der Waals surface area contributed by atoms with Crippen LogP contribution in [0.5, 0.6) is 11.5 Å². The smallest absolute Gasteiger partial charge is 0.355 e. The summed E-state index contributed by atoms with van der Waals surface area (Å²) in [7, 11) is 0. The average Bonchev–Trinajstić information content (AvgIpc) is 2.78. The Labute approximate surface area is 107 Å². The van der Waals surface area contributed by atoms with Gasteiger partial charge in [0.1, 0.15) is 16.4 Å². The molecule has 2 aromatic rings. The summed E-state index contributed by atoms with van der Waals surface area (Å²) in [6, 6.07) is 4.01. The van der Waals surface area contributed by atoms with Crippen molar-refractivity contribution in [3.8, 4) is 11.5 Å². The summed E-state index contributed by atoms with van der Waals surface area (Å²) in [5.74, 6) is -0.482. The van der Waals surface area contributed by atoms with E-state index in [1.807, 2.05) is 0 Å². The van der Waals surface area contributed by atoms with E-state index in [1.54, 1.807) is 12.4 Å². The van der Waals surface area contributed by atoms with Crippen LogP contribution in [0.2, 0.25) is 0 Å². The Hall–Kier alpha value is -2.21. The first-order valence-corrected chi connectivity index (χ1v) is 5.90. The summed E-state index contributed by atoms with van der Waals surface area (Å²) >= 11 is 1.19. The zero-order valence-corrected chi connectivity index (χ0v) is 10.2. The maximum atomic E-state index is 11.8. The highest BCUT2D eigenvalue weighted by Gasteiger charge is 2.14. The number of esters is 1. The van der Waals surface area contributed by atoms with Crippen LogP contribution < -0.4 is 4.74 Å². The number of aryl methyl sites for hydroxylation is 1. The number of hydrogen-bond donors (Lipinski definition) is 1. The minimum Gasteiger partial charge on any atom is -0.507 e. The number of phenolic OH excluding ortho intramolecular Hbond substituents is 1. The molecule has 2 rings (SSSR count). The molecule has 0 amide bonds. The molecule has 0 aliphatic carbocycles. The summed E-state index contributed by atoms with van der Waals surface area (Å²) < 4.78 is 5.10. The maximum absolute atomic E-state index is 11.8. The van der Waals surface area contributed by atoms with E-state index in [0.717, 1.165) is 0 Å². The molecule has 0 fully saturated rings. The van der Waals surface area contributed by atoms with Crippen LogP contribution in [0.15, 0.2) is 23.7 Å². The molecule has 0 aliphatic heterocycles. The van der Waals surface area contributed by atoms with Crippen molar-refractivity contribution in [2.75, 3.05) is 0 Å². The van der Waals surface area contributed by atoms with Gasteiger partial charge < -0.3 is 9.84 Å². The van der Waals surface area contributed by atoms with Crippen molar-refractivity contribution >= 4 is 23.6 Å². The van der Waals surface area contributed by atoms with Crippen LogP contribution in [0.25, 0.3) is 0 Å². The molecule has 0 spiro atoms. The molecular formula is C12H9NO4S. The number of aldehydes is 1. The Kier molecular flexibility index (Phi) is 3.38. The number of phenols is 1. The number of rotatable bonds is 3. The van der Waals surface area contributed by atoms with Gasteiger partial charge in [-0.2, -0.15) is 0 Å². The van der Waals surface area contributed by atoms with Crippen LogP contribution in [-0.4, -0.2) is 22.3 Å². The number of ether oxygens (including phenoxy) is 1. The predicted molar refractivity (Wildman–Crippen MR) is 65.3 cm³/mol. The third-order valence-electron chi connectivity index (χ3n) is 2.27. The molecule has 1 aromatic heterocycles. The molecule has 5 nitrogen and oxygen atoms in total. The quantitative estimate of drug-likeness (QED) is 0.522. The van der Waals surface area contributed by atoms with Crippen molar-refractivity contribution in [1.29, 1.82) is 0 Å². The molecule has 6 heteroatoms. The van der Waals surface area contributed by atoms with E-state index in [4.69, 9.17) is 4.74 Å². The molecule has 0 radical (unpaired) electrons. The first-order chi connectivity index (χ1) is 8.61. The van der Waals surface area contributed by atoms with Crippen LogP contribution in [0.4, 0.5) is 0 Å². The fourth-order valence-corrected chi connectivity index (χ4v) is 2.02. The number of carbonyl (C=O) groups is 2. The number of thiazole rings is 1. The second kappa shape index (κ2) is 4.97. The first-order valence-electron chi connectivity index (χ1n) is 5.02. The highest BCUT2D eigenvalue weighted by Crippen LogP contribution is 2.23. The highest BCUT2D eigenvalue weighted by molar-refractivity contribution is 7.11. The molecular weight excluding hydrogens is 254 g/mol. The highest BCUT2D eigenvalue weighted by atomic mass is 32.1. The Bertz CT molecular complexity index is 606. The number of hydrogen-bond acceptors (Lipinski definition) is 6. The monoisotopic (exact) mass is 263 g/mol. The molecule has 1 N–H and O–H groups in total. The van der Waals surface area contributed by atoms with E-state index in [-0.39, 0.29) is 17.1 Å². The van der Waals surface area contributed by atoms with E-state index < -0.39 is 5.97 Å². The van der Waals surface area contributed by atoms with Crippen LogP contribution >= 0.6 is 11.3 Å². The summed E-state index contributed by atoms with van der Waals surface area (Å²) in [5, 5.41) is 9.32. The summed E-state index contributed by atoms with van der Waals surface area (Å²) in [5.41, 5.74) is 2.22. The molecule has 18 heavy (non-hydrogen) atoms. The van der Waals surface area contributed by atoms with Gasteiger partial charge in [0.25, 0.3) is 0 Å². The van der Waals surface area contributed by atoms with E-state index in [9.17, 15) is 14.7 Å². The fraction of sp³-hybridized carbons (Fsp3) is 0.0833. The zero-order chi connectivity index (χ0) is 13.1. The van der Waals surface area contributed by atoms with Gasteiger partial charge in [-0.3, -0.25) is 4.79 Å². The predicted octanol–water partition coefficient (Wildman–Crippen LogP) is 2.19. The van der Waals surface area contributed by atoms with Crippen molar-refractivity contribution < 1.29 is 19.4 Å². The van der Waals surface area contributed by atoms with Crippen molar-refractivity contribution in [3.05, 3.63) is 39.8 Å². The normalized spacial score (nSPS) is 10.1. The second-order valence-corrected chi connectivity index (χ2v) is 4.35. The molecule has 92 valence electrons. The first kappa shape index (κ1) is 12.3. The molecule has 0 unspecified atom stereocenters. The van der Waals surface area contributed by atoms with Crippen LogP contribution in [0.3, 0.4) is 0 Å². The van der Waals surface area contributed by atoms with Crippen molar-refractivity contribution in [1.82, 2.24) is 4.98 Å². The van der Waals surface area contributed by atoms with Crippen molar-refractivity contribution in [2.24, 2.45) is 0 Å². The van der Waals surface area contributed by atoms with Crippen molar-refractivity contribution in [3.63, 3.8) is 0 Å². The molecule has 0 saturated heterocycles. The SMILES string of the molecule is Cc1ncsc1C(=O)Oc1ccc(O)c(C=O)c1. The van der Waals surface area contributed by atoms with Gasteiger partial charge in [0.15, 0.2) is 6.29 Å². The van der Waals surface area contributed by atoms with Gasteiger partial charge in [-0.05, 0) is 25.1 Å². The topological polar surface area (TPSA) is 76.5 Å². The van der Waals surface area contributed by atoms with Gasteiger partial charge in [-0.15, -0.1) is 11.3 Å². The molecule has 1 aromatic carbocycles. The number of carbonyl (C=O) groups excluding carboxylic acids is 2. The maximum Gasteiger partial charge on any atom is 0.355 e. The lowest BCUT2D eigenvalue weighted by atomic mass is 10.2. The van der Waals surface area contributed by atoms with E-state index in [0.29, 0.717) is 16.9 Å². The Morgan fingerprint density at radius 3 is 2.89 bits per heavy atom. The molecule has 0 aliphatic rings. The van der Waals surface area contributed by atoms with Gasteiger partial charge in [-0.25, -0.2) is 9.78 Å². The van der Waals surface area contributed by atoms with Gasteiger partial charge >= 0.3 is 5.97 Å². The number of aromatic nitrogens is 1. The summed E-state index contributed by atoms with van der Waals surface area (Å²) in [4.78, 5) is 26.8. The number of aromatic hydroxyl groups is 1. The fourth-order valence-electron chi connectivity index (χ4n) is 1.34. The third-order valence-corrected chi connectivity index (χ3v) is 3.18. The van der Waals surface area contributed by atoms with E-state index in [2.05, 4.69) is 4.98 Å².